The number of aromatic nitrogens is 2. The number of nitrogens with zero attached hydrogens (tertiary/aromatic N) is 3. The Hall–Kier alpha value is -2.61. The first-order valence-electron chi connectivity index (χ1n) is 12.4. The van der Waals surface area contributed by atoms with Crippen LogP contribution in [0, 0.1) is 0 Å². The number of nitrogen functional groups attached to an aromatic ring is 1. The van der Waals surface area contributed by atoms with Gasteiger partial charge in [-0.1, -0.05) is 36.8 Å². The minimum absolute atomic E-state index is 0.0590. The normalized spacial score (nSPS) is 31.6. The largest absolute Gasteiger partial charge is 0.583 e. The number of nitrogens with two attached hydrogens (primary N) is 1. The number of rotatable bonds is 11. The van der Waals surface area contributed by atoms with E-state index in [4.69, 9.17) is 24.5 Å². The van der Waals surface area contributed by atoms with Gasteiger partial charge in [-0.05, 0) is 38.8 Å². The van der Waals surface area contributed by atoms with Crippen LogP contribution in [-0.2, 0) is 23.5 Å². The molecule has 216 valence electrons. The van der Waals surface area contributed by atoms with Crippen LogP contribution in [0.1, 0.15) is 53.2 Å². The van der Waals surface area contributed by atoms with E-state index in [-0.39, 0.29) is 18.3 Å². The lowest BCUT2D eigenvalue weighted by atomic mass is 9.97. The molecule has 0 amide bonds. The molecule has 1 aromatic heterocycles. The van der Waals surface area contributed by atoms with Gasteiger partial charge in [0, 0.05) is 12.6 Å². The highest BCUT2D eigenvalue weighted by atomic mass is 31.1. The number of carbonyl (C=O) groups is 1. The molecule has 1 fully saturated rings. The van der Waals surface area contributed by atoms with Crippen molar-refractivity contribution in [2.45, 2.75) is 88.7 Å². The highest BCUT2D eigenvalue weighted by molar-refractivity contribution is 7.33. The van der Waals surface area contributed by atoms with Crippen molar-refractivity contribution in [2.75, 3.05) is 12.3 Å². The Morgan fingerprint density at radius 3 is 2.69 bits per heavy atom. The number of carbonyl (C=O) groups excluding carboxylic acids is 1. The topological polar surface area (TPSA) is 171 Å². The van der Waals surface area contributed by atoms with Crippen LogP contribution in [0.3, 0.4) is 0 Å². The first-order valence-corrected chi connectivity index (χ1v) is 13.5. The maximum atomic E-state index is 15.9. The monoisotopic (exact) mass is 574 g/mol. The number of allylic oxidation sites excluding steroid dienone is 2. The molecule has 1 saturated heterocycles. The lowest BCUT2D eigenvalue weighted by Crippen LogP contribution is -2.49. The highest BCUT2D eigenvalue weighted by Gasteiger charge is 2.65. The summed E-state index contributed by atoms with van der Waals surface area (Å²) in [4.78, 5) is 40.7. The lowest BCUT2D eigenvalue weighted by molar-refractivity contribution is -0.266. The summed E-state index contributed by atoms with van der Waals surface area (Å²) in [6.45, 7) is 4.88. The van der Waals surface area contributed by atoms with Crippen LogP contribution in [0.25, 0.3) is 0 Å². The minimum atomic E-state index is -3.16. The van der Waals surface area contributed by atoms with Crippen molar-refractivity contribution in [3.63, 3.8) is 0 Å². The van der Waals surface area contributed by atoms with Crippen molar-refractivity contribution in [1.29, 1.82) is 0 Å². The van der Waals surface area contributed by atoms with Crippen LogP contribution < -0.4 is 16.3 Å². The Morgan fingerprint density at radius 1 is 1.41 bits per heavy atom. The second kappa shape index (κ2) is 12.3. The first-order chi connectivity index (χ1) is 18.3. The Kier molecular flexibility index (Phi) is 9.73. The van der Waals surface area contributed by atoms with Gasteiger partial charge in [-0.2, -0.15) is 4.98 Å². The lowest BCUT2D eigenvalue weighted by Gasteiger charge is -2.31. The van der Waals surface area contributed by atoms with Crippen LogP contribution in [0.4, 0.5) is 14.6 Å². The van der Waals surface area contributed by atoms with E-state index in [9.17, 15) is 19.6 Å². The summed E-state index contributed by atoms with van der Waals surface area (Å²) in [5.74, 6) is -5.83. The van der Waals surface area contributed by atoms with Gasteiger partial charge in [0.25, 0.3) is 5.85 Å². The third kappa shape index (κ3) is 6.94. The molecule has 0 saturated carbocycles. The summed E-state index contributed by atoms with van der Waals surface area (Å²) in [6.07, 6.45) is 3.61. The molecule has 1 aliphatic heterocycles. The minimum Gasteiger partial charge on any atom is -0.583 e. The van der Waals surface area contributed by atoms with E-state index in [0.717, 1.165) is 13.1 Å². The molecule has 3 N–H and O–H groups in total. The summed E-state index contributed by atoms with van der Waals surface area (Å²) in [5, 5.41) is 10.5. The Balaban J connectivity index is 1.77. The maximum absolute atomic E-state index is 15.9. The van der Waals surface area contributed by atoms with Gasteiger partial charge < -0.3 is 29.9 Å². The molecule has 1 aliphatic carbocycles. The van der Waals surface area contributed by atoms with Gasteiger partial charge in [-0.3, -0.25) is 4.57 Å². The predicted molar refractivity (Wildman–Crippen MR) is 134 cm³/mol. The molecule has 39 heavy (non-hydrogen) atoms. The number of ether oxygens (including phenoxy) is 3. The zero-order valence-electron chi connectivity index (χ0n) is 22.0. The van der Waals surface area contributed by atoms with E-state index in [1.807, 2.05) is 13.8 Å². The predicted octanol–water partition coefficient (Wildman–Crippen LogP) is 2.33. The third-order valence-corrected chi connectivity index (χ3v) is 7.39. The fourth-order valence-electron chi connectivity index (χ4n) is 4.03. The molecular weight excluding hydrogens is 541 g/mol. The number of esters is 1. The van der Waals surface area contributed by atoms with Gasteiger partial charge in [0.2, 0.25) is 5.79 Å². The van der Waals surface area contributed by atoms with Gasteiger partial charge in [0.1, 0.15) is 18.5 Å². The van der Waals surface area contributed by atoms with Gasteiger partial charge in [0.05, 0.1) is 0 Å². The van der Waals surface area contributed by atoms with Crippen LogP contribution in [0.5, 0.6) is 0 Å². The summed E-state index contributed by atoms with van der Waals surface area (Å²) < 4.78 is 57.4. The molecule has 3 rings (SSSR count). The smallest absolute Gasteiger partial charge is 0.351 e. The van der Waals surface area contributed by atoms with Crippen molar-refractivity contribution < 1.29 is 42.3 Å². The van der Waals surface area contributed by atoms with Crippen LogP contribution in [0.15, 0.2) is 46.1 Å². The summed E-state index contributed by atoms with van der Waals surface area (Å²) >= 11 is 0. The number of hydrogen-bond donors (Lipinski definition) is 2. The second-order valence-corrected chi connectivity index (χ2v) is 10.3. The standard InChI is InChI=1S/C24H33F2N4O8P/c1-5-16(6-2)36-18(31)15(3)29-39(34)38-23(11-8-7-9-12-23)35-14-24(26)19(32)22(4,25)20(37-24)30-13-10-17(27)28-21(30)33/h7-11,13,15-16,19-20,32H,5-6,12,14H2,1-4H3,(H2,27,28,33)/t15-,19-,20+,22+,23?,24+/m0/s1. The fraction of sp³-hybridized carbons (Fsp3) is 0.625. The van der Waals surface area contributed by atoms with Crippen LogP contribution in [-0.4, -0.2) is 62.8 Å². The average molecular weight is 575 g/mol. The SMILES string of the molecule is CCC(CC)OC(=O)[C@H](C)N=[P+]([O-])OC1(OC[C@@]2(F)O[C@@H](n3ccc(N)nc3=O)[C@](C)(F)[C@@H]2O)C=CC=CC1. The number of halogens is 2. The highest BCUT2D eigenvalue weighted by Crippen LogP contribution is 2.48. The van der Waals surface area contributed by atoms with Gasteiger partial charge in [-0.25, -0.2) is 18.4 Å². The zero-order valence-corrected chi connectivity index (χ0v) is 22.9. The quantitative estimate of drug-likeness (QED) is 0.227. The van der Waals surface area contributed by atoms with E-state index in [2.05, 4.69) is 9.73 Å². The summed E-state index contributed by atoms with van der Waals surface area (Å²) in [5.41, 5.74) is 1.65. The number of hydrogen-bond acceptors (Lipinski definition) is 11. The molecule has 7 atom stereocenters. The molecule has 0 bridgehead atoms. The first kappa shape index (κ1) is 30.9. The molecular formula is C24H33F2N4O8P. The van der Waals surface area contributed by atoms with Gasteiger partial charge >= 0.3 is 19.8 Å². The molecule has 2 aliphatic rings. The molecule has 15 heteroatoms. The Bertz CT molecular complexity index is 1190. The zero-order chi connectivity index (χ0) is 29.0. The van der Waals surface area contributed by atoms with E-state index < -0.39 is 62.1 Å². The molecule has 0 radical (unpaired) electrons. The van der Waals surface area contributed by atoms with Crippen molar-refractivity contribution in [3.8, 4) is 0 Å². The number of aliphatic hydroxyl groups is 1. The van der Waals surface area contributed by atoms with Crippen LogP contribution in [0.2, 0.25) is 0 Å². The summed E-state index contributed by atoms with van der Waals surface area (Å²) in [6, 6.07) is 0.0625. The van der Waals surface area contributed by atoms with Crippen molar-refractivity contribution >= 4 is 20.0 Å². The van der Waals surface area contributed by atoms with Gasteiger partial charge in [0.15, 0.2) is 24.0 Å². The molecule has 0 spiro atoms. The second-order valence-electron chi connectivity index (χ2n) is 9.44. The number of alkyl halides is 2. The van der Waals surface area contributed by atoms with Gasteiger partial charge in [-0.15, -0.1) is 4.52 Å². The number of aliphatic hydroxyl groups excluding tert-OH is 1. The van der Waals surface area contributed by atoms with E-state index in [0.29, 0.717) is 17.4 Å². The van der Waals surface area contributed by atoms with E-state index in [1.165, 1.54) is 25.1 Å². The van der Waals surface area contributed by atoms with Crippen molar-refractivity contribution in [2.24, 2.45) is 4.74 Å². The molecule has 2 heterocycles. The Morgan fingerprint density at radius 2 is 2.10 bits per heavy atom. The molecule has 12 nitrogen and oxygen atoms in total. The number of anilines is 1. The van der Waals surface area contributed by atoms with E-state index in [1.54, 1.807) is 12.2 Å². The van der Waals surface area contributed by atoms with Crippen LogP contribution >= 0.6 is 8.17 Å². The maximum Gasteiger partial charge on any atom is 0.351 e. The van der Waals surface area contributed by atoms with Crippen molar-refractivity contribution in [1.82, 2.24) is 9.55 Å². The average Bonchev–Trinajstić information content (AvgIpc) is 3.06. The fourth-order valence-corrected chi connectivity index (χ4v) is 4.91. The molecule has 0 aromatic carbocycles. The van der Waals surface area contributed by atoms with E-state index >= 15 is 8.78 Å². The summed E-state index contributed by atoms with van der Waals surface area (Å²) in [7, 11) is -2.88. The van der Waals surface area contributed by atoms with Crippen molar-refractivity contribution in [3.05, 3.63) is 47.1 Å². The third-order valence-electron chi connectivity index (χ3n) is 6.39. The molecule has 1 aromatic rings. The Labute approximate surface area is 225 Å². The molecule has 2 unspecified atom stereocenters.